The lowest BCUT2D eigenvalue weighted by molar-refractivity contribution is 0.0736. The quantitative estimate of drug-likeness (QED) is 0.746. The molecule has 5 nitrogen and oxygen atoms in total. The molecule has 0 aliphatic carbocycles. The Bertz CT molecular complexity index is 738. The molecule has 106 valence electrons. The van der Waals surface area contributed by atoms with E-state index >= 15 is 0 Å². The fraction of sp³-hybridized carbons (Fsp3) is 0.200. The largest absolute Gasteiger partial charge is 0.331 e. The number of fused-ring (bicyclic) bond motifs is 1. The maximum absolute atomic E-state index is 12.4. The van der Waals surface area contributed by atoms with E-state index in [1.165, 1.54) is 12.4 Å². The second kappa shape index (κ2) is 5.57. The van der Waals surface area contributed by atoms with Crippen molar-refractivity contribution in [3.63, 3.8) is 0 Å². The van der Waals surface area contributed by atoms with Crippen molar-refractivity contribution in [2.75, 3.05) is 7.05 Å². The minimum absolute atomic E-state index is 0.114. The highest BCUT2D eigenvalue weighted by atomic mass is 32.1. The molecule has 1 aromatic carbocycles. The maximum atomic E-state index is 12.4. The third kappa shape index (κ3) is 2.62. The molecule has 0 saturated heterocycles. The summed E-state index contributed by atoms with van der Waals surface area (Å²) in [7, 11) is 1.76. The summed E-state index contributed by atoms with van der Waals surface area (Å²) >= 11 is 1.61. The molecular weight excluding hydrogens is 284 g/mol. The van der Waals surface area contributed by atoms with E-state index in [0.29, 0.717) is 5.69 Å². The standard InChI is InChI=1S/C15H14N4OS/c1-10(14-18-11-5-3-4-6-13(11)21-14)19(2)15(20)12-9-16-7-8-17-12/h3-10H,1-2H3/t10-/m1/s1. The van der Waals surface area contributed by atoms with Gasteiger partial charge in [0, 0.05) is 19.4 Å². The summed E-state index contributed by atoms with van der Waals surface area (Å²) in [5.41, 5.74) is 1.30. The SMILES string of the molecule is C[C@H](c1nc2ccccc2s1)N(C)C(=O)c1cnccn1. The Morgan fingerprint density at radius 2 is 2.10 bits per heavy atom. The first-order valence-corrected chi connectivity index (χ1v) is 7.37. The third-order valence-corrected chi connectivity index (χ3v) is 4.56. The van der Waals surface area contributed by atoms with Crippen molar-refractivity contribution in [2.24, 2.45) is 0 Å². The summed E-state index contributed by atoms with van der Waals surface area (Å²) in [5.74, 6) is -0.158. The molecule has 0 aliphatic rings. The molecule has 0 radical (unpaired) electrons. The molecule has 0 fully saturated rings. The van der Waals surface area contributed by atoms with Gasteiger partial charge in [0.1, 0.15) is 10.7 Å². The van der Waals surface area contributed by atoms with E-state index in [1.54, 1.807) is 29.5 Å². The third-order valence-electron chi connectivity index (χ3n) is 3.35. The molecule has 3 rings (SSSR count). The number of para-hydroxylation sites is 1. The van der Waals surface area contributed by atoms with Gasteiger partial charge in [0.2, 0.25) is 0 Å². The van der Waals surface area contributed by atoms with Gasteiger partial charge in [-0.05, 0) is 19.1 Å². The van der Waals surface area contributed by atoms with Gasteiger partial charge in [-0.1, -0.05) is 12.1 Å². The fourth-order valence-corrected chi connectivity index (χ4v) is 3.06. The highest BCUT2D eigenvalue weighted by Gasteiger charge is 2.22. The maximum Gasteiger partial charge on any atom is 0.274 e. The van der Waals surface area contributed by atoms with Gasteiger partial charge in [0.05, 0.1) is 22.5 Å². The van der Waals surface area contributed by atoms with Gasteiger partial charge in [-0.25, -0.2) is 9.97 Å². The highest BCUT2D eigenvalue weighted by Crippen LogP contribution is 2.29. The number of benzene rings is 1. The van der Waals surface area contributed by atoms with Crippen LogP contribution in [0.4, 0.5) is 0 Å². The van der Waals surface area contributed by atoms with E-state index in [2.05, 4.69) is 15.0 Å². The molecular formula is C15H14N4OS. The smallest absolute Gasteiger partial charge is 0.274 e. The number of aromatic nitrogens is 3. The van der Waals surface area contributed by atoms with Gasteiger partial charge < -0.3 is 4.90 Å². The Labute approximate surface area is 126 Å². The summed E-state index contributed by atoms with van der Waals surface area (Å²) in [6.07, 6.45) is 4.54. The van der Waals surface area contributed by atoms with E-state index in [9.17, 15) is 4.79 Å². The lowest BCUT2D eigenvalue weighted by Gasteiger charge is -2.22. The van der Waals surface area contributed by atoms with Gasteiger partial charge in [-0.15, -0.1) is 11.3 Å². The number of rotatable bonds is 3. The molecule has 0 spiro atoms. The van der Waals surface area contributed by atoms with Gasteiger partial charge in [0.25, 0.3) is 5.91 Å². The van der Waals surface area contributed by atoms with Crippen LogP contribution >= 0.6 is 11.3 Å². The van der Waals surface area contributed by atoms with Crippen LogP contribution in [0.5, 0.6) is 0 Å². The Morgan fingerprint density at radius 1 is 1.29 bits per heavy atom. The summed E-state index contributed by atoms with van der Waals surface area (Å²) in [6, 6.07) is 7.85. The number of hydrogen-bond donors (Lipinski definition) is 0. The van der Waals surface area contributed by atoms with E-state index < -0.39 is 0 Å². The van der Waals surface area contributed by atoms with Crippen molar-refractivity contribution in [1.82, 2.24) is 19.9 Å². The first kappa shape index (κ1) is 13.6. The van der Waals surface area contributed by atoms with Gasteiger partial charge in [-0.2, -0.15) is 0 Å². The number of hydrogen-bond acceptors (Lipinski definition) is 5. The predicted octanol–water partition coefficient (Wildman–Crippen LogP) is 2.92. The van der Waals surface area contributed by atoms with Crippen LogP contribution in [0, 0.1) is 0 Å². The number of nitrogens with zero attached hydrogens (tertiary/aromatic N) is 4. The van der Waals surface area contributed by atoms with E-state index in [-0.39, 0.29) is 11.9 Å². The van der Waals surface area contributed by atoms with Gasteiger partial charge >= 0.3 is 0 Å². The summed E-state index contributed by atoms with van der Waals surface area (Å²) in [6.45, 7) is 1.96. The minimum Gasteiger partial charge on any atom is -0.331 e. The first-order chi connectivity index (χ1) is 10.2. The zero-order chi connectivity index (χ0) is 14.8. The topological polar surface area (TPSA) is 59.0 Å². The molecule has 2 heterocycles. The van der Waals surface area contributed by atoms with Crippen molar-refractivity contribution in [3.05, 3.63) is 53.6 Å². The van der Waals surface area contributed by atoms with Crippen LogP contribution in [-0.4, -0.2) is 32.8 Å². The molecule has 0 saturated carbocycles. The minimum atomic E-state index is -0.158. The normalized spacial score (nSPS) is 12.3. The highest BCUT2D eigenvalue weighted by molar-refractivity contribution is 7.18. The molecule has 0 N–H and O–H groups in total. The molecule has 1 amide bonds. The van der Waals surface area contributed by atoms with Crippen molar-refractivity contribution in [3.8, 4) is 0 Å². The molecule has 0 bridgehead atoms. The van der Waals surface area contributed by atoms with Gasteiger partial charge in [0.15, 0.2) is 0 Å². The van der Waals surface area contributed by atoms with Gasteiger partial charge in [-0.3, -0.25) is 9.78 Å². The van der Waals surface area contributed by atoms with E-state index in [0.717, 1.165) is 15.2 Å². The van der Waals surface area contributed by atoms with Crippen LogP contribution in [0.2, 0.25) is 0 Å². The fourth-order valence-electron chi connectivity index (χ4n) is 2.00. The van der Waals surface area contributed by atoms with Crippen molar-refractivity contribution in [2.45, 2.75) is 13.0 Å². The van der Waals surface area contributed by atoms with Crippen LogP contribution in [0.3, 0.4) is 0 Å². The number of carbonyl (C=O) groups is 1. The Hall–Kier alpha value is -2.34. The van der Waals surface area contributed by atoms with E-state index in [4.69, 9.17) is 0 Å². The second-order valence-corrected chi connectivity index (χ2v) is 5.76. The Balaban J connectivity index is 1.87. The van der Waals surface area contributed by atoms with Crippen LogP contribution in [0.1, 0.15) is 28.5 Å². The number of thiazole rings is 1. The van der Waals surface area contributed by atoms with Crippen LogP contribution < -0.4 is 0 Å². The van der Waals surface area contributed by atoms with Crippen molar-refractivity contribution in [1.29, 1.82) is 0 Å². The average molecular weight is 298 g/mol. The van der Waals surface area contributed by atoms with Crippen LogP contribution in [-0.2, 0) is 0 Å². The molecule has 21 heavy (non-hydrogen) atoms. The first-order valence-electron chi connectivity index (χ1n) is 6.55. The zero-order valence-electron chi connectivity index (χ0n) is 11.7. The van der Waals surface area contributed by atoms with Crippen molar-refractivity contribution >= 4 is 27.5 Å². The van der Waals surface area contributed by atoms with Crippen LogP contribution in [0.15, 0.2) is 42.9 Å². The Morgan fingerprint density at radius 3 is 2.81 bits per heavy atom. The molecule has 2 aromatic heterocycles. The summed E-state index contributed by atoms with van der Waals surface area (Å²) in [5, 5.41) is 0.913. The monoisotopic (exact) mass is 298 g/mol. The van der Waals surface area contributed by atoms with Crippen molar-refractivity contribution < 1.29 is 4.79 Å². The summed E-state index contributed by atoms with van der Waals surface area (Å²) < 4.78 is 1.12. The molecule has 0 unspecified atom stereocenters. The Kier molecular flexibility index (Phi) is 3.62. The molecule has 6 heteroatoms. The number of carbonyl (C=O) groups excluding carboxylic acids is 1. The van der Waals surface area contributed by atoms with E-state index in [1.807, 2.05) is 31.2 Å². The lowest BCUT2D eigenvalue weighted by Crippen LogP contribution is -2.30. The molecule has 3 aromatic rings. The number of amides is 1. The summed E-state index contributed by atoms with van der Waals surface area (Å²) in [4.78, 5) is 26.6. The second-order valence-electron chi connectivity index (χ2n) is 4.70. The predicted molar refractivity (Wildman–Crippen MR) is 82.2 cm³/mol. The lowest BCUT2D eigenvalue weighted by atomic mass is 10.2. The van der Waals surface area contributed by atoms with Crippen LogP contribution in [0.25, 0.3) is 10.2 Å². The average Bonchev–Trinajstić information content (AvgIpc) is 2.97. The zero-order valence-corrected chi connectivity index (χ0v) is 12.5. The molecule has 0 aliphatic heterocycles. The molecule has 1 atom stereocenters.